The molecule has 0 aromatic heterocycles. The van der Waals surface area contributed by atoms with Crippen LogP contribution in [0.15, 0.2) is 0 Å². The molecule has 0 spiro atoms. The average Bonchev–Trinajstić information content (AvgIpc) is 2.33. The number of halogens is 3. The summed E-state index contributed by atoms with van der Waals surface area (Å²) in [4.78, 5) is 0. The van der Waals surface area contributed by atoms with Crippen molar-refractivity contribution in [3.05, 3.63) is 0 Å². The van der Waals surface area contributed by atoms with Crippen LogP contribution in [0.25, 0.3) is 0 Å². The zero-order chi connectivity index (χ0) is 14.6. The van der Waals surface area contributed by atoms with Crippen molar-refractivity contribution in [1.29, 1.82) is 0 Å². The molecule has 0 saturated carbocycles. The van der Waals surface area contributed by atoms with Crippen LogP contribution in [0.2, 0.25) is 0 Å². The summed E-state index contributed by atoms with van der Waals surface area (Å²) in [6.45, 7) is 4.53. The van der Waals surface area contributed by atoms with Gasteiger partial charge in [0.05, 0.1) is 6.10 Å². The van der Waals surface area contributed by atoms with E-state index in [1.54, 1.807) is 0 Å². The van der Waals surface area contributed by atoms with Gasteiger partial charge in [0.25, 0.3) is 0 Å². The van der Waals surface area contributed by atoms with Gasteiger partial charge in [0.2, 0.25) is 0 Å². The van der Waals surface area contributed by atoms with E-state index < -0.39 is 12.6 Å². The van der Waals surface area contributed by atoms with Crippen LogP contribution in [-0.4, -0.2) is 18.9 Å². The molecule has 19 heavy (non-hydrogen) atoms. The third kappa shape index (κ3) is 14.0. The van der Waals surface area contributed by atoms with E-state index in [2.05, 4.69) is 6.92 Å². The lowest BCUT2D eigenvalue weighted by molar-refractivity contribution is -0.142. The van der Waals surface area contributed by atoms with E-state index in [9.17, 15) is 13.2 Å². The first-order valence-electron chi connectivity index (χ1n) is 7.68. The van der Waals surface area contributed by atoms with Crippen molar-refractivity contribution < 1.29 is 17.9 Å². The van der Waals surface area contributed by atoms with Crippen LogP contribution in [0, 0.1) is 0 Å². The zero-order valence-electron chi connectivity index (χ0n) is 12.4. The first-order chi connectivity index (χ1) is 8.99. The lowest BCUT2D eigenvalue weighted by Crippen LogP contribution is -2.17. The Hall–Kier alpha value is -0.250. The van der Waals surface area contributed by atoms with Gasteiger partial charge in [0.15, 0.2) is 0 Å². The fourth-order valence-electron chi connectivity index (χ4n) is 2.20. The molecular weight excluding hydrogens is 253 g/mol. The Morgan fingerprint density at radius 1 is 0.842 bits per heavy atom. The van der Waals surface area contributed by atoms with E-state index >= 15 is 0 Å². The van der Waals surface area contributed by atoms with Gasteiger partial charge in [0.1, 0.15) is 0 Å². The third-order valence-corrected chi connectivity index (χ3v) is 3.28. The highest BCUT2D eigenvalue weighted by Crippen LogP contribution is 2.24. The highest BCUT2D eigenvalue weighted by atomic mass is 19.4. The normalized spacial score (nSPS) is 13.7. The van der Waals surface area contributed by atoms with Crippen molar-refractivity contribution in [2.24, 2.45) is 0 Å². The van der Waals surface area contributed by atoms with Gasteiger partial charge in [-0.15, -0.1) is 0 Å². The Morgan fingerprint density at radius 2 is 1.42 bits per heavy atom. The minimum Gasteiger partial charge on any atom is -0.379 e. The zero-order valence-corrected chi connectivity index (χ0v) is 12.4. The fourth-order valence-corrected chi connectivity index (χ4v) is 2.20. The van der Waals surface area contributed by atoms with E-state index in [0.717, 1.165) is 19.3 Å². The summed E-state index contributed by atoms with van der Waals surface area (Å²) in [5.41, 5.74) is 0. The molecule has 0 heterocycles. The summed E-state index contributed by atoms with van der Waals surface area (Å²) in [6.07, 6.45) is 4.19. The molecule has 116 valence electrons. The number of hydrogen-bond donors (Lipinski definition) is 0. The summed E-state index contributed by atoms with van der Waals surface area (Å²) in [6, 6.07) is 0. The highest BCUT2D eigenvalue weighted by molar-refractivity contribution is 4.62. The summed E-state index contributed by atoms with van der Waals surface area (Å²) >= 11 is 0. The molecule has 0 aliphatic carbocycles. The highest BCUT2D eigenvalue weighted by Gasteiger charge is 2.28. The number of unbranched alkanes of at least 4 members (excludes halogenated alkanes) is 6. The predicted molar refractivity (Wildman–Crippen MR) is 73.3 cm³/mol. The molecule has 1 nitrogen and oxygen atoms in total. The van der Waals surface area contributed by atoms with Crippen molar-refractivity contribution in [3.63, 3.8) is 0 Å². The van der Waals surface area contributed by atoms with Crippen LogP contribution >= 0.6 is 0 Å². The molecule has 0 radical (unpaired) electrons. The van der Waals surface area contributed by atoms with Gasteiger partial charge in [-0.1, -0.05) is 51.9 Å². The predicted octanol–water partition coefficient (Wildman–Crippen LogP) is 5.87. The van der Waals surface area contributed by atoms with E-state index in [1.165, 1.54) is 32.1 Å². The maximum atomic E-state index is 12.2. The molecule has 1 atom stereocenters. The van der Waals surface area contributed by atoms with Crippen molar-refractivity contribution in [3.8, 4) is 0 Å². The maximum Gasteiger partial charge on any atom is 0.389 e. The van der Waals surface area contributed by atoms with Crippen LogP contribution in [0.3, 0.4) is 0 Å². The average molecular weight is 282 g/mol. The number of alkyl halides is 3. The van der Waals surface area contributed by atoms with E-state index in [0.29, 0.717) is 6.61 Å². The first-order valence-corrected chi connectivity index (χ1v) is 7.68. The van der Waals surface area contributed by atoms with Gasteiger partial charge in [-0.05, 0) is 19.8 Å². The molecule has 0 N–H and O–H groups in total. The SMILES string of the molecule is CCCCCCCCCC(CCC(F)(F)F)OCC. The Labute approximate surface area is 115 Å². The molecule has 0 aromatic rings. The lowest BCUT2D eigenvalue weighted by Gasteiger charge is -2.17. The first kappa shape index (κ1) is 18.8. The molecule has 0 aromatic carbocycles. The minimum atomic E-state index is -4.06. The number of ether oxygens (including phenoxy) is 1. The summed E-state index contributed by atoms with van der Waals surface area (Å²) in [7, 11) is 0. The Bertz CT molecular complexity index is 192. The number of hydrogen-bond acceptors (Lipinski definition) is 1. The van der Waals surface area contributed by atoms with Gasteiger partial charge in [-0.2, -0.15) is 13.2 Å². The molecule has 0 aliphatic heterocycles. The standard InChI is InChI=1S/C15H29F3O/c1-3-5-6-7-8-9-10-11-14(19-4-2)12-13-15(16,17)18/h14H,3-13H2,1-2H3. The third-order valence-electron chi connectivity index (χ3n) is 3.28. The Morgan fingerprint density at radius 3 is 1.95 bits per heavy atom. The molecule has 0 saturated heterocycles. The van der Waals surface area contributed by atoms with Crippen molar-refractivity contribution >= 4 is 0 Å². The van der Waals surface area contributed by atoms with Crippen molar-refractivity contribution in [2.75, 3.05) is 6.61 Å². The second kappa shape index (κ2) is 11.6. The summed E-state index contributed by atoms with van der Waals surface area (Å²) in [5.74, 6) is 0. The van der Waals surface area contributed by atoms with Gasteiger partial charge < -0.3 is 4.74 Å². The smallest absolute Gasteiger partial charge is 0.379 e. The van der Waals surface area contributed by atoms with Crippen LogP contribution in [0.5, 0.6) is 0 Å². The van der Waals surface area contributed by atoms with Crippen LogP contribution in [0.1, 0.15) is 78.1 Å². The second-order valence-corrected chi connectivity index (χ2v) is 5.14. The van der Waals surface area contributed by atoms with Crippen LogP contribution in [0.4, 0.5) is 13.2 Å². The maximum absolute atomic E-state index is 12.2. The van der Waals surface area contributed by atoms with Crippen LogP contribution < -0.4 is 0 Å². The van der Waals surface area contributed by atoms with Crippen molar-refractivity contribution in [2.45, 2.75) is 90.3 Å². The topological polar surface area (TPSA) is 9.23 Å². The molecule has 0 fully saturated rings. The Balaban J connectivity index is 3.59. The van der Waals surface area contributed by atoms with Gasteiger partial charge >= 0.3 is 6.18 Å². The largest absolute Gasteiger partial charge is 0.389 e. The summed E-state index contributed by atoms with van der Waals surface area (Å²) < 4.78 is 41.9. The monoisotopic (exact) mass is 282 g/mol. The number of rotatable bonds is 12. The second-order valence-electron chi connectivity index (χ2n) is 5.14. The summed E-state index contributed by atoms with van der Waals surface area (Å²) in [5, 5.41) is 0. The fraction of sp³-hybridized carbons (Fsp3) is 1.00. The van der Waals surface area contributed by atoms with Gasteiger partial charge in [-0.3, -0.25) is 0 Å². The van der Waals surface area contributed by atoms with E-state index in [-0.39, 0.29) is 12.5 Å². The molecule has 0 rings (SSSR count). The van der Waals surface area contributed by atoms with Crippen molar-refractivity contribution in [1.82, 2.24) is 0 Å². The quantitative estimate of drug-likeness (QED) is 0.406. The minimum absolute atomic E-state index is 0.104. The van der Waals surface area contributed by atoms with Crippen LogP contribution in [-0.2, 0) is 4.74 Å². The van der Waals surface area contributed by atoms with E-state index in [4.69, 9.17) is 4.74 Å². The van der Waals surface area contributed by atoms with Gasteiger partial charge in [0, 0.05) is 13.0 Å². The van der Waals surface area contributed by atoms with Gasteiger partial charge in [-0.25, -0.2) is 0 Å². The van der Waals surface area contributed by atoms with E-state index in [1.807, 2.05) is 6.92 Å². The molecular formula is C15H29F3O. The molecule has 0 aliphatic rings. The molecule has 4 heteroatoms. The molecule has 1 unspecified atom stereocenters. The molecule has 0 bridgehead atoms. The lowest BCUT2D eigenvalue weighted by atomic mass is 10.0. The Kier molecular flexibility index (Phi) is 11.4. The molecule has 0 amide bonds.